The quantitative estimate of drug-likeness (QED) is 0.533. The molecule has 9 heteroatoms. The molecular weight excluding hydrogens is 427 g/mol. The van der Waals surface area contributed by atoms with E-state index in [0.29, 0.717) is 16.3 Å². The van der Waals surface area contributed by atoms with E-state index in [-0.39, 0.29) is 29.4 Å². The molecule has 0 unspecified atom stereocenters. The zero-order valence-corrected chi connectivity index (χ0v) is 17.5. The molecule has 0 saturated heterocycles. The number of amides is 1. The summed E-state index contributed by atoms with van der Waals surface area (Å²) in [4.78, 5) is 36.5. The van der Waals surface area contributed by atoms with Gasteiger partial charge in [0.2, 0.25) is 5.91 Å². The fourth-order valence-corrected chi connectivity index (χ4v) is 3.70. The molecule has 1 heterocycles. The van der Waals surface area contributed by atoms with Gasteiger partial charge in [-0.25, -0.2) is 4.39 Å². The largest absolute Gasteiger partial charge is 0.505 e. The highest BCUT2D eigenvalue weighted by Gasteiger charge is 2.29. The van der Waals surface area contributed by atoms with Crippen LogP contribution < -0.4 is 5.32 Å². The minimum atomic E-state index is -1.06. The van der Waals surface area contributed by atoms with E-state index in [1.54, 1.807) is 19.1 Å². The maximum Gasteiger partial charge on any atom is 0.305 e. The summed E-state index contributed by atoms with van der Waals surface area (Å²) in [6, 6.07) is 8.74. The van der Waals surface area contributed by atoms with Crippen LogP contribution in [-0.2, 0) is 9.59 Å². The predicted octanol–water partition coefficient (Wildman–Crippen LogP) is 3.83. The molecule has 1 amide bonds. The number of rotatable bonds is 6. The number of halogens is 2. The molecular formula is C22H20ClFN2O5. The van der Waals surface area contributed by atoms with E-state index in [1.165, 1.54) is 29.7 Å². The molecule has 0 bridgehead atoms. The van der Waals surface area contributed by atoms with Crippen LogP contribution >= 0.6 is 11.6 Å². The summed E-state index contributed by atoms with van der Waals surface area (Å²) in [6.07, 6.45) is -0.261. The highest BCUT2D eigenvalue weighted by molar-refractivity contribution is 6.30. The topological polar surface area (TPSA) is 109 Å². The van der Waals surface area contributed by atoms with Crippen LogP contribution in [0.4, 0.5) is 4.39 Å². The lowest BCUT2D eigenvalue weighted by Gasteiger charge is -2.13. The number of carboxylic acid groups (broad SMARTS) is 1. The zero-order valence-electron chi connectivity index (χ0n) is 16.8. The normalized spacial score (nSPS) is 12.0. The van der Waals surface area contributed by atoms with Crippen LogP contribution in [-0.4, -0.2) is 39.1 Å². The first-order valence-corrected chi connectivity index (χ1v) is 9.83. The molecule has 0 aliphatic rings. The van der Waals surface area contributed by atoms with Crippen molar-refractivity contribution in [3.63, 3.8) is 0 Å². The van der Waals surface area contributed by atoms with E-state index in [4.69, 9.17) is 16.7 Å². The number of carboxylic acids is 1. The van der Waals surface area contributed by atoms with E-state index < -0.39 is 35.3 Å². The number of aromatic nitrogens is 1. The molecule has 31 heavy (non-hydrogen) atoms. The van der Waals surface area contributed by atoms with Gasteiger partial charge in [0.05, 0.1) is 17.9 Å². The second kappa shape index (κ2) is 8.77. The van der Waals surface area contributed by atoms with E-state index >= 15 is 0 Å². The van der Waals surface area contributed by atoms with Gasteiger partial charge in [-0.1, -0.05) is 11.6 Å². The van der Waals surface area contributed by atoms with Crippen LogP contribution in [0.1, 0.15) is 40.9 Å². The number of benzene rings is 2. The number of carbonyl (C=O) groups excluding carboxylic acids is 2. The molecule has 0 radical (unpaired) electrons. The van der Waals surface area contributed by atoms with Crippen LogP contribution in [0.25, 0.3) is 10.9 Å². The summed E-state index contributed by atoms with van der Waals surface area (Å²) < 4.78 is 16.2. The van der Waals surface area contributed by atoms with Crippen LogP contribution in [0.2, 0.25) is 5.02 Å². The standard InChI is InChI=1S/C22H20ClFN2O5/c1-11(21(30)25-10-9-17(28)29)18-12(2)26(15-7-8-16(27)20(24)19(15)18)22(31)13-3-5-14(23)6-4-13/h3-8,11,27H,9-10H2,1-2H3,(H,25,30)(H,28,29)/t11-/m0/s1. The van der Waals surface area contributed by atoms with Gasteiger partial charge < -0.3 is 15.5 Å². The average Bonchev–Trinajstić information content (AvgIpc) is 3.02. The number of aromatic hydroxyl groups is 1. The monoisotopic (exact) mass is 446 g/mol. The maximum absolute atomic E-state index is 15.0. The molecule has 2 aromatic carbocycles. The lowest BCUT2D eigenvalue weighted by Crippen LogP contribution is -2.30. The minimum Gasteiger partial charge on any atom is -0.505 e. The second-order valence-electron chi connectivity index (χ2n) is 7.10. The van der Waals surface area contributed by atoms with Gasteiger partial charge in [-0.2, -0.15) is 0 Å². The highest BCUT2D eigenvalue weighted by Crippen LogP contribution is 2.37. The number of aliphatic carboxylic acids is 1. The summed E-state index contributed by atoms with van der Waals surface area (Å²) in [6.45, 7) is 3.02. The molecule has 0 saturated carbocycles. The van der Waals surface area contributed by atoms with Crippen LogP contribution in [0, 0.1) is 12.7 Å². The summed E-state index contributed by atoms with van der Waals surface area (Å²) >= 11 is 5.89. The van der Waals surface area contributed by atoms with Gasteiger partial charge in [-0.05, 0) is 55.8 Å². The van der Waals surface area contributed by atoms with Gasteiger partial charge in [-0.15, -0.1) is 0 Å². The molecule has 3 rings (SSSR count). The summed E-state index contributed by atoms with van der Waals surface area (Å²) in [5, 5.41) is 21.6. The fraction of sp³-hybridized carbons (Fsp3) is 0.227. The van der Waals surface area contributed by atoms with E-state index in [2.05, 4.69) is 5.32 Å². The van der Waals surface area contributed by atoms with Gasteiger partial charge in [0.1, 0.15) is 0 Å². The fourth-order valence-electron chi connectivity index (χ4n) is 3.57. The summed E-state index contributed by atoms with van der Waals surface area (Å²) in [5.74, 6) is -4.50. The van der Waals surface area contributed by atoms with Crippen LogP contribution in [0.15, 0.2) is 36.4 Å². The number of hydrogen-bond donors (Lipinski definition) is 3. The van der Waals surface area contributed by atoms with Crippen molar-refractivity contribution in [1.82, 2.24) is 9.88 Å². The third-order valence-electron chi connectivity index (χ3n) is 5.09. The molecule has 0 aliphatic carbocycles. The van der Waals surface area contributed by atoms with Gasteiger partial charge >= 0.3 is 5.97 Å². The number of fused-ring (bicyclic) bond motifs is 1. The smallest absolute Gasteiger partial charge is 0.305 e. The zero-order chi connectivity index (χ0) is 22.9. The van der Waals surface area contributed by atoms with Gasteiger partial charge in [-0.3, -0.25) is 19.0 Å². The van der Waals surface area contributed by atoms with Gasteiger partial charge in [0, 0.05) is 28.2 Å². The Kier molecular flexibility index (Phi) is 6.31. The van der Waals surface area contributed by atoms with Crippen molar-refractivity contribution in [2.24, 2.45) is 0 Å². The number of phenols is 1. The van der Waals surface area contributed by atoms with Gasteiger partial charge in [0.25, 0.3) is 5.91 Å². The average molecular weight is 447 g/mol. The van der Waals surface area contributed by atoms with Gasteiger partial charge in [0.15, 0.2) is 11.6 Å². The Bertz CT molecular complexity index is 1190. The van der Waals surface area contributed by atoms with E-state index in [1.807, 2.05) is 0 Å². The van der Waals surface area contributed by atoms with Crippen LogP contribution in [0.5, 0.6) is 5.75 Å². The van der Waals surface area contributed by atoms with Crippen LogP contribution in [0.3, 0.4) is 0 Å². The lowest BCUT2D eigenvalue weighted by atomic mass is 9.96. The first kappa shape index (κ1) is 22.3. The Morgan fingerprint density at radius 2 is 1.81 bits per heavy atom. The highest BCUT2D eigenvalue weighted by atomic mass is 35.5. The third kappa shape index (κ3) is 4.25. The number of nitrogens with zero attached hydrogens (tertiary/aromatic N) is 1. The third-order valence-corrected chi connectivity index (χ3v) is 5.35. The molecule has 1 aromatic heterocycles. The van der Waals surface area contributed by atoms with Crippen molar-refractivity contribution < 1.29 is 29.0 Å². The Hall–Kier alpha value is -3.39. The molecule has 162 valence electrons. The number of carbonyl (C=O) groups is 3. The van der Waals surface area contributed by atoms with Crippen molar-refractivity contribution in [3.05, 3.63) is 64.1 Å². The number of hydrogen-bond acceptors (Lipinski definition) is 4. The van der Waals surface area contributed by atoms with Crippen molar-refractivity contribution >= 4 is 40.3 Å². The summed E-state index contributed by atoms with van der Waals surface area (Å²) in [7, 11) is 0. The first-order valence-electron chi connectivity index (χ1n) is 9.45. The molecule has 0 spiro atoms. The molecule has 3 aromatic rings. The SMILES string of the molecule is Cc1c([C@H](C)C(=O)NCCC(=O)O)c2c(F)c(O)ccc2n1C(=O)c1ccc(Cl)cc1. The lowest BCUT2D eigenvalue weighted by molar-refractivity contribution is -0.136. The molecule has 0 fully saturated rings. The Labute approximate surface area is 182 Å². The van der Waals surface area contributed by atoms with E-state index in [0.717, 1.165) is 6.07 Å². The predicted molar refractivity (Wildman–Crippen MR) is 113 cm³/mol. The summed E-state index contributed by atoms with van der Waals surface area (Å²) in [5.41, 5.74) is 1.08. The van der Waals surface area contributed by atoms with Crippen molar-refractivity contribution in [1.29, 1.82) is 0 Å². The molecule has 3 N–H and O–H groups in total. The van der Waals surface area contributed by atoms with E-state index in [9.17, 15) is 23.9 Å². The molecule has 1 atom stereocenters. The molecule has 0 aliphatic heterocycles. The first-order chi connectivity index (χ1) is 14.6. The maximum atomic E-state index is 15.0. The molecule has 7 nitrogen and oxygen atoms in total. The Balaban J connectivity index is 2.13. The Morgan fingerprint density at radius 3 is 2.42 bits per heavy atom. The number of phenolic OH excluding ortho intramolecular Hbond substituents is 1. The van der Waals surface area contributed by atoms with Crippen molar-refractivity contribution in [2.75, 3.05) is 6.54 Å². The van der Waals surface area contributed by atoms with Crippen molar-refractivity contribution in [3.8, 4) is 5.75 Å². The number of nitrogens with one attached hydrogen (secondary N) is 1. The minimum absolute atomic E-state index is 0.0410. The van der Waals surface area contributed by atoms with Crippen molar-refractivity contribution in [2.45, 2.75) is 26.2 Å². The second-order valence-corrected chi connectivity index (χ2v) is 7.53. The Morgan fingerprint density at radius 1 is 1.16 bits per heavy atom.